The highest BCUT2D eigenvalue weighted by Gasteiger charge is 2.08. The van der Waals surface area contributed by atoms with E-state index in [1.165, 1.54) is 0 Å². The van der Waals surface area contributed by atoms with Crippen molar-refractivity contribution in [2.75, 3.05) is 0 Å². The molecule has 0 saturated heterocycles. The van der Waals surface area contributed by atoms with E-state index in [2.05, 4.69) is 13.0 Å². The molecule has 0 rings (SSSR count). The summed E-state index contributed by atoms with van der Waals surface area (Å²) in [5.74, 6) is 0.404. The highest BCUT2D eigenvalue weighted by molar-refractivity contribution is 4.80. The molecule has 0 aliphatic carbocycles. The lowest BCUT2D eigenvalue weighted by Gasteiger charge is -2.14. The molecular weight excluding hydrogens is 124 g/mol. The van der Waals surface area contributed by atoms with Crippen molar-refractivity contribution in [2.45, 2.75) is 39.7 Å². The van der Waals surface area contributed by atoms with Gasteiger partial charge in [-0.15, -0.1) is 0 Å². The Morgan fingerprint density at radius 2 is 2.10 bits per heavy atom. The van der Waals surface area contributed by atoms with Crippen LogP contribution in [-0.2, 0) is 0 Å². The van der Waals surface area contributed by atoms with Crippen LogP contribution in [0.5, 0.6) is 0 Å². The van der Waals surface area contributed by atoms with E-state index in [-0.39, 0.29) is 6.10 Å². The Morgan fingerprint density at radius 3 is 2.50 bits per heavy atom. The largest absolute Gasteiger partial charge is 0.393 e. The van der Waals surface area contributed by atoms with Gasteiger partial charge in [0.25, 0.3) is 0 Å². The lowest BCUT2D eigenvalue weighted by Crippen LogP contribution is -2.15. The Balaban J connectivity index is 3.50. The average Bonchev–Trinajstić information content (AvgIpc) is 1.98. The topological polar surface area (TPSA) is 20.2 Å². The van der Waals surface area contributed by atoms with Crippen LogP contribution in [-0.4, -0.2) is 11.2 Å². The van der Waals surface area contributed by atoms with E-state index >= 15 is 0 Å². The molecule has 0 bridgehead atoms. The Morgan fingerprint density at radius 1 is 1.50 bits per heavy atom. The van der Waals surface area contributed by atoms with Crippen molar-refractivity contribution in [2.24, 2.45) is 5.92 Å². The predicted molar refractivity (Wildman–Crippen MR) is 44.9 cm³/mol. The van der Waals surface area contributed by atoms with Crippen molar-refractivity contribution in [1.29, 1.82) is 0 Å². The van der Waals surface area contributed by atoms with E-state index in [0.29, 0.717) is 5.92 Å². The van der Waals surface area contributed by atoms with Gasteiger partial charge in [-0.3, -0.25) is 0 Å². The van der Waals surface area contributed by atoms with Crippen molar-refractivity contribution >= 4 is 0 Å². The first-order valence-electron chi connectivity index (χ1n) is 4.01. The first-order chi connectivity index (χ1) is 4.72. The average molecular weight is 142 g/mol. The molecule has 0 fully saturated rings. The van der Waals surface area contributed by atoms with Crippen molar-refractivity contribution < 1.29 is 5.11 Å². The lowest BCUT2D eigenvalue weighted by molar-refractivity contribution is 0.114. The monoisotopic (exact) mass is 142 g/mol. The molecule has 0 aliphatic rings. The van der Waals surface area contributed by atoms with Gasteiger partial charge in [0.2, 0.25) is 0 Å². The Labute approximate surface area is 63.8 Å². The first kappa shape index (κ1) is 9.70. The second-order valence-corrected chi connectivity index (χ2v) is 2.76. The third kappa shape index (κ3) is 3.67. The Hall–Kier alpha value is -0.300. The summed E-state index contributed by atoms with van der Waals surface area (Å²) in [6, 6.07) is 0. The fourth-order valence-electron chi connectivity index (χ4n) is 0.910. The van der Waals surface area contributed by atoms with Crippen LogP contribution in [0.25, 0.3) is 0 Å². The van der Waals surface area contributed by atoms with Crippen LogP contribution in [0.15, 0.2) is 12.2 Å². The SMILES string of the molecule is C/C=C/CC(C)C(O)CC. The molecule has 0 aromatic heterocycles. The van der Waals surface area contributed by atoms with Crippen molar-refractivity contribution in [3.05, 3.63) is 12.2 Å². The minimum absolute atomic E-state index is 0.129. The molecule has 60 valence electrons. The summed E-state index contributed by atoms with van der Waals surface area (Å²) in [5.41, 5.74) is 0. The van der Waals surface area contributed by atoms with Gasteiger partial charge in [0.05, 0.1) is 6.10 Å². The van der Waals surface area contributed by atoms with E-state index < -0.39 is 0 Å². The number of aliphatic hydroxyl groups excluding tert-OH is 1. The zero-order valence-electron chi connectivity index (χ0n) is 7.17. The van der Waals surface area contributed by atoms with Gasteiger partial charge in [-0.05, 0) is 25.7 Å². The van der Waals surface area contributed by atoms with Crippen LogP contribution in [0, 0.1) is 5.92 Å². The fraction of sp³-hybridized carbons (Fsp3) is 0.778. The molecule has 0 heterocycles. The van der Waals surface area contributed by atoms with Gasteiger partial charge in [-0.25, -0.2) is 0 Å². The molecule has 0 aromatic rings. The molecule has 1 heteroatoms. The summed E-state index contributed by atoms with van der Waals surface area (Å²) in [4.78, 5) is 0. The highest BCUT2D eigenvalue weighted by Crippen LogP contribution is 2.11. The molecule has 0 aromatic carbocycles. The van der Waals surface area contributed by atoms with Crippen LogP contribution < -0.4 is 0 Å². The second kappa shape index (κ2) is 5.48. The summed E-state index contributed by atoms with van der Waals surface area (Å²) in [6.07, 6.45) is 5.85. The summed E-state index contributed by atoms with van der Waals surface area (Å²) in [5, 5.41) is 9.32. The van der Waals surface area contributed by atoms with Gasteiger partial charge >= 0.3 is 0 Å². The van der Waals surface area contributed by atoms with Crippen molar-refractivity contribution in [1.82, 2.24) is 0 Å². The molecule has 1 N–H and O–H groups in total. The number of rotatable bonds is 4. The van der Waals surface area contributed by atoms with E-state index in [9.17, 15) is 5.11 Å². The number of aliphatic hydroxyl groups is 1. The molecule has 10 heavy (non-hydrogen) atoms. The van der Waals surface area contributed by atoms with E-state index in [1.807, 2.05) is 19.9 Å². The second-order valence-electron chi connectivity index (χ2n) is 2.76. The van der Waals surface area contributed by atoms with Gasteiger partial charge in [-0.2, -0.15) is 0 Å². The molecule has 0 spiro atoms. The molecular formula is C9H18O. The van der Waals surface area contributed by atoms with Crippen LogP contribution in [0.1, 0.15) is 33.6 Å². The lowest BCUT2D eigenvalue weighted by atomic mass is 9.99. The van der Waals surface area contributed by atoms with Crippen LogP contribution >= 0.6 is 0 Å². The van der Waals surface area contributed by atoms with E-state index in [1.54, 1.807) is 0 Å². The Bertz CT molecular complexity index is 96.9. The van der Waals surface area contributed by atoms with Crippen LogP contribution in [0.4, 0.5) is 0 Å². The summed E-state index contributed by atoms with van der Waals surface area (Å²) >= 11 is 0. The summed E-state index contributed by atoms with van der Waals surface area (Å²) in [7, 11) is 0. The molecule has 1 nitrogen and oxygen atoms in total. The highest BCUT2D eigenvalue weighted by atomic mass is 16.3. The van der Waals surface area contributed by atoms with Crippen molar-refractivity contribution in [3.63, 3.8) is 0 Å². The minimum atomic E-state index is -0.129. The van der Waals surface area contributed by atoms with Crippen molar-refractivity contribution in [3.8, 4) is 0 Å². The van der Waals surface area contributed by atoms with Gasteiger partial charge < -0.3 is 5.11 Å². The van der Waals surface area contributed by atoms with Gasteiger partial charge in [0.15, 0.2) is 0 Å². The first-order valence-corrected chi connectivity index (χ1v) is 4.01. The summed E-state index contributed by atoms with van der Waals surface area (Å²) in [6.45, 7) is 6.09. The molecule has 0 amide bonds. The van der Waals surface area contributed by atoms with E-state index in [0.717, 1.165) is 12.8 Å². The standard InChI is InChI=1S/C9H18O/c1-4-6-7-8(3)9(10)5-2/h4,6,8-10H,5,7H2,1-3H3/b6-4+. The van der Waals surface area contributed by atoms with Gasteiger partial charge in [-0.1, -0.05) is 26.0 Å². The minimum Gasteiger partial charge on any atom is -0.393 e. The summed E-state index contributed by atoms with van der Waals surface area (Å²) < 4.78 is 0. The zero-order valence-corrected chi connectivity index (χ0v) is 7.17. The predicted octanol–water partition coefficient (Wildman–Crippen LogP) is 2.36. The zero-order chi connectivity index (χ0) is 7.98. The molecule has 0 aliphatic heterocycles. The molecule has 2 unspecified atom stereocenters. The van der Waals surface area contributed by atoms with Crippen LogP contribution in [0.2, 0.25) is 0 Å². The number of allylic oxidation sites excluding steroid dienone is 2. The maximum Gasteiger partial charge on any atom is 0.0566 e. The maximum atomic E-state index is 9.32. The van der Waals surface area contributed by atoms with E-state index in [4.69, 9.17) is 0 Å². The Kier molecular flexibility index (Phi) is 5.32. The third-order valence-electron chi connectivity index (χ3n) is 1.82. The molecule has 0 saturated carbocycles. The normalized spacial score (nSPS) is 17.6. The van der Waals surface area contributed by atoms with Gasteiger partial charge in [0, 0.05) is 0 Å². The molecule has 0 radical (unpaired) electrons. The number of hydrogen-bond donors (Lipinski definition) is 1. The molecule has 2 atom stereocenters. The maximum absolute atomic E-state index is 9.32. The number of hydrogen-bond acceptors (Lipinski definition) is 1. The van der Waals surface area contributed by atoms with Gasteiger partial charge in [0.1, 0.15) is 0 Å². The third-order valence-corrected chi connectivity index (χ3v) is 1.82. The fourth-order valence-corrected chi connectivity index (χ4v) is 0.910. The van der Waals surface area contributed by atoms with Crippen LogP contribution in [0.3, 0.4) is 0 Å². The quantitative estimate of drug-likeness (QED) is 0.597. The smallest absolute Gasteiger partial charge is 0.0566 e.